The quantitative estimate of drug-likeness (QED) is 0.558. The molecule has 0 radical (unpaired) electrons. The summed E-state index contributed by atoms with van der Waals surface area (Å²) in [5.41, 5.74) is 4.20. The molecular weight excluding hydrogens is 308 g/mol. The van der Waals surface area contributed by atoms with E-state index in [9.17, 15) is 0 Å². The highest BCUT2D eigenvalue weighted by Gasteiger charge is 2.09. The summed E-state index contributed by atoms with van der Waals surface area (Å²) >= 11 is 6.57. The molecule has 4 heteroatoms. The second-order valence-corrected chi connectivity index (χ2v) is 5.98. The molecule has 0 atom stereocenters. The SMILES string of the molecule is CCN(C)/C=N\c1cc(C)cc(Cc2cccc(OC)c2)c1Cl. The fraction of sp³-hybridized carbons (Fsp3) is 0.316. The minimum atomic E-state index is 0.708. The molecule has 0 bridgehead atoms. The first-order chi connectivity index (χ1) is 11.0. The van der Waals surface area contributed by atoms with Crippen LogP contribution in [0.25, 0.3) is 0 Å². The number of rotatable bonds is 6. The zero-order valence-electron chi connectivity index (χ0n) is 14.1. The second-order valence-electron chi connectivity index (χ2n) is 5.60. The lowest BCUT2D eigenvalue weighted by Gasteiger charge is -2.12. The molecule has 2 rings (SSSR count). The van der Waals surface area contributed by atoms with E-state index in [2.05, 4.69) is 31.0 Å². The summed E-state index contributed by atoms with van der Waals surface area (Å²) in [4.78, 5) is 6.53. The van der Waals surface area contributed by atoms with Crippen LogP contribution in [0.2, 0.25) is 5.02 Å². The van der Waals surface area contributed by atoms with Gasteiger partial charge in [0, 0.05) is 13.6 Å². The van der Waals surface area contributed by atoms with Crippen molar-refractivity contribution >= 4 is 23.6 Å². The van der Waals surface area contributed by atoms with Crippen molar-refractivity contribution in [2.24, 2.45) is 4.99 Å². The van der Waals surface area contributed by atoms with Gasteiger partial charge in [-0.05, 0) is 55.2 Å². The molecule has 2 aromatic rings. The Morgan fingerprint density at radius 1 is 1.26 bits per heavy atom. The molecule has 0 unspecified atom stereocenters. The normalized spacial score (nSPS) is 11.0. The van der Waals surface area contributed by atoms with Crippen molar-refractivity contribution in [3.05, 3.63) is 58.1 Å². The summed E-state index contributed by atoms with van der Waals surface area (Å²) in [6.07, 6.45) is 2.57. The largest absolute Gasteiger partial charge is 0.497 e. The molecule has 0 saturated carbocycles. The number of methoxy groups -OCH3 is 1. The van der Waals surface area contributed by atoms with Gasteiger partial charge in [0.15, 0.2) is 0 Å². The van der Waals surface area contributed by atoms with Gasteiger partial charge in [0.25, 0.3) is 0 Å². The van der Waals surface area contributed by atoms with Gasteiger partial charge in [-0.2, -0.15) is 0 Å². The lowest BCUT2D eigenvalue weighted by Crippen LogP contribution is -2.14. The van der Waals surface area contributed by atoms with E-state index < -0.39 is 0 Å². The molecule has 0 heterocycles. The van der Waals surface area contributed by atoms with Gasteiger partial charge in [0.2, 0.25) is 0 Å². The number of nitrogens with zero attached hydrogens (tertiary/aromatic N) is 2. The molecule has 23 heavy (non-hydrogen) atoms. The molecule has 0 amide bonds. The van der Waals surface area contributed by atoms with Crippen LogP contribution in [0.15, 0.2) is 41.4 Å². The van der Waals surface area contributed by atoms with E-state index in [0.29, 0.717) is 5.02 Å². The first-order valence-corrected chi connectivity index (χ1v) is 8.07. The fourth-order valence-electron chi connectivity index (χ4n) is 2.29. The van der Waals surface area contributed by atoms with Gasteiger partial charge in [-0.1, -0.05) is 29.8 Å². The smallest absolute Gasteiger partial charge is 0.119 e. The standard InChI is InChI=1S/C19H23ClN2O/c1-5-22(3)13-21-18-10-14(2)9-16(19(18)20)11-15-7-6-8-17(12-15)23-4/h6-10,12-13H,5,11H2,1-4H3/b21-13-. The Kier molecular flexibility index (Phi) is 6.05. The number of aliphatic imine (C=N–C) groups is 1. The topological polar surface area (TPSA) is 24.8 Å². The van der Waals surface area contributed by atoms with Crippen LogP contribution in [0, 0.1) is 6.92 Å². The summed E-state index contributed by atoms with van der Waals surface area (Å²) in [5.74, 6) is 0.856. The minimum absolute atomic E-state index is 0.708. The van der Waals surface area contributed by atoms with Crippen molar-refractivity contribution in [2.45, 2.75) is 20.3 Å². The van der Waals surface area contributed by atoms with E-state index in [4.69, 9.17) is 16.3 Å². The second kappa shape index (κ2) is 8.02. The summed E-state index contributed by atoms with van der Waals surface area (Å²) < 4.78 is 5.29. The van der Waals surface area contributed by atoms with Gasteiger partial charge < -0.3 is 9.64 Å². The van der Waals surface area contributed by atoms with Gasteiger partial charge in [0.1, 0.15) is 5.75 Å². The monoisotopic (exact) mass is 330 g/mol. The summed E-state index contributed by atoms with van der Waals surface area (Å²) in [6, 6.07) is 12.2. The molecule has 0 aromatic heterocycles. The number of aryl methyl sites for hydroxylation is 1. The highest BCUT2D eigenvalue weighted by molar-refractivity contribution is 6.33. The van der Waals surface area contributed by atoms with Crippen LogP contribution in [0.1, 0.15) is 23.6 Å². The Labute approximate surface area is 143 Å². The molecule has 0 fully saturated rings. The van der Waals surface area contributed by atoms with Crippen LogP contribution >= 0.6 is 11.6 Å². The number of hydrogen-bond acceptors (Lipinski definition) is 2. The van der Waals surface area contributed by atoms with Crippen molar-refractivity contribution in [1.29, 1.82) is 0 Å². The van der Waals surface area contributed by atoms with E-state index >= 15 is 0 Å². The maximum absolute atomic E-state index is 6.57. The summed E-state index contributed by atoms with van der Waals surface area (Å²) in [5, 5.41) is 0.708. The molecule has 0 N–H and O–H groups in total. The van der Waals surface area contributed by atoms with Crippen LogP contribution in [-0.4, -0.2) is 31.9 Å². The third-order valence-corrected chi connectivity index (χ3v) is 4.13. The Hall–Kier alpha value is -2.00. The van der Waals surface area contributed by atoms with Gasteiger partial charge >= 0.3 is 0 Å². The van der Waals surface area contributed by atoms with Gasteiger partial charge in [-0.15, -0.1) is 0 Å². The Morgan fingerprint density at radius 3 is 2.74 bits per heavy atom. The minimum Gasteiger partial charge on any atom is -0.497 e. The lowest BCUT2D eigenvalue weighted by atomic mass is 10.0. The molecule has 0 aliphatic heterocycles. The predicted octanol–water partition coefficient (Wildman–Crippen LogP) is 4.86. The fourth-order valence-corrected chi connectivity index (χ4v) is 2.52. The van der Waals surface area contributed by atoms with E-state index in [1.807, 2.05) is 42.6 Å². The molecule has 122 valence electrons. The average molecular weight is 331 g/mol. The molecule has 0 aliphatic rings. The van der Waals surface area contributed by atoms with Crippen molar-refractivity contribution in [2.75, 3.05) is 20.7 Å². The lowest BCUT2D eigenvalue weighted by molar-refractivity contribution is 0.414. The van der Waals surface area contributed by atoms with Gasteiger partial charge in [0.05, 0.1) is 24.2 Å². The first kappa shape index (κ1) is 17.4. The molecule has 2 aromatic carbocycles. The third-order valence-electron chi connectivity index (χ3n) is 3.69. The Balaban J connectivity index is 2.31. The summed E-state index contributed by atoms with van der Waals surface area (Å²) in [6.45, 7) is 5.05. The molecule has 3 nitrogen and oxygen atoms in total. The van der Waals surface area contributed by atoms with Crippen LogP contribution in [0.3, 0.4) is 0 Å². The highest BCUT2D eigenvalue weighted by atomic mass is 35.5. The van der Waals surface area contributed by atoms with Crippen molar-refractivity contribution in [3.8, 4) is 5.75 Å². The van der Waals surface area contributed by atoms with Crippen LogP contribution in [0.5, 0.6) is 5.75 Å². The van der Waals surface area contributed by atoms with Crippen LogP contribution in [-0.2, 0) is 6.42 Å². The van der Waals surface area contributed by atoms with Crippen molar-refractivity contribution in [3.63, 3.8) is 0 Å². The number of halogens is 1. The molecular formula is C19H23ClN2O. The zero-order valence-corrected chi connectivity index (χ0v) is 14.9. The first-order valence-electron chi connectivity index (χ1n) is 7.70. The van der Waals surface area contributed by atoms with Gasteiger partial charge in [-0.3, -0.25) is 0 Å². The van der Waals surface area contributed by atoms with E-state index in [-0.39, 0.29) is 0 Å². The zero-order chi connectivity index (χ0) is 16.8. The maximum Gasteiger partial charge on any atom is 0.119 e. The Morgan fingerprint density at radius 2 is 2.04 bits per heavy atom. The van der Waals surface area contributed by atoms with Gasteiger partial charge in [-0.25, -0.2) is 4.99 Å². The Bertz CT molecular complexity index is 698. The van der Waals surface area contributed by atoms with Crippen molar-refractivity contribution < 1.29 is 4.74 Å². The van der Waals surface area contributed by atoms with E-state index in [0.717, 1.165) is 41.1 Å². The van der Waals surface area contributed by atoms with E-state index in [1.54, 1.807) is 7.11 Å². The average Bonchev–Trinajstić information content (AvgIpc) is 2.56. The summed E-state index contributed by atoms with van der Waals surface area (Å²) in [7, 11) is 3.67. The van der Waals surface area contributed by atoms with E-state index in [1.165, 1.54) is 0 Å². The number of benzene rings is 2. The predicted molar refractivity (Wildman–Crippen MR) is 98.4 cm³/mol. The van der Waals surface area contributed by atoms with Crippen LogP contribution < -0.4 is 4.74 Å². The molecule has 0 saturated heterocycles. The maximum atomic E-state index is 6.57. The number of ether oxygens (including phenoxy) is 1. The highest BCUT2D eigenvalue weighted by Crippen LogP contribution is 2.32. The third kappa shape index (κ3) is 4.73. The van der Waals surface area contributed by atoms with Crippen molar-refractivity contribution in [1.82, 2.24) is 4.90 Å². The van der Waals surface area contributed by atoms with Crippen LogP contribution in [0.4, 0.5) is 5.69 Å². The molecule has 0 spiro atoms. The number of hydrogen-bond donors (Lipinski definition) is 0. The molecule has 0 aliphatic carbocycles.